The smallest absolute Gasteiger partial charge is 0.240 e. The molecule has 2 atom stereocenters. The van der Waals surface area contributed by atoms with Crippen LogP contribution in [0.3, 0.4) is 0 Å². The van der Waals surface area contributed by atoms with Crippen molar-refractivity contribution in [2.75, 3.05) is 12.4 Å². The summed E-state index contributed by atoms with van der Waals surface area (Å²) in [5, 5.41) is 3.48. The van der Waals surface area contributed by atoms with Gasteiger partial charge in [-0.2, -0.15) is 0 Å². The summed E-state index contributed by atoms with van der Waals surface area (Å²) in [5.74, 6) is 0.762. The van der Waals surface area contributed by atoms with Gasteiger partial charge >= 0.3 is 0 Å². The second-order valence-corrected chi connectivity index (χ2v) is 8.49. The van der Waals surface area contributed by atoms with Crippen molar-refractivity contribution >= 4 is 15.7 Å². The van der Waals surface area contributed by atoms with E-state index in [2.05, 4.69) is 10.0 Å². The number of sulfonamides is 1. The van der Waals surface area contributed by atoms with E-state index in [1.54, 1.807) is 19.2 Å². The van der Waals surface area contributed by atoms with Crippen LogP contribution in [-0.4, -0.2) is 27.6 Å². The predicted octanol–water partition coefficient (Wildman–Crippen LogP) is 3.71. The Bertz CT molecular complexity index is 834. The summed E-state index contributed by atoms with van der Waals surface area (Å²) >= 11 is 0. The zero-order chi connectivity index (χ0) is 18.6. The number of hydrogen-bond donors (Lipinski definition) is 2. The Hall–Kier alpha value is -2.05. The zero-order valence-electron chi connectivity index (χ0n) is 15.2. The van der Waals surface area contributed by atoms with Gasteiger partial charge in [0, 0.05) is 12.1 Å². The molecule has 1 aliphatic rings. The first-order valence-corrected chi connectivity index (χ1v) is 10.5. The van der Waals surface area contributed by atoms with Crippen molar-refractivity contribution in [2.45, 2.75) is 49.6 Å². The summed E-state index contributed by atoms with van der Waals surface area (Å²) in [6.45, 7) is 1.94. The molecular formula is C20H26N2O3S. The summed E-state index contributed by atoms with van der Waals surface area (Å²) in [5.41, 5.74) is 1.93. The molecule has 0 unspecified atom stereocenters. The number of para-hydroxylation sites is 2. The molecule has 26 heavy (non-hydrogen) atoms. The molecule has 2 aromatic rings. The second kappa shape index (κ2) is 8.10. The van der Waals surface area contributed by atoms with Gasteiger partial charge in [0.15, 0.2) is 0 Å². The van der Waals surface area contributed by atoms with Gasteiger partial charge in [-0.3, -0.25) is 0 Å². The second-order valence-electron chi connectivity index (χ2n) is 6.78. The Morgan fingerprint density at radius 2 is 1.62 bits per heavy atom. The van der Waals surface area contributed by atoms with Gasteiger partial charge in [-0.25, -0.2) is 13.1 Å². The molecule has 1 fully saturated rings. The number of rotatable bonds is 6. The molecule has 0 heterocycles. The first-order valence-electron chi connectivity index (χ1n) is 8.98. The largest absolute Gasteiger partial charge is 0.495 e. The molecule has 1 saturated carbocycles. The quantitative estimate of drug-likeness (QED) is 0.809. The van der Waals surface area contributed by atoms with Crippen LogP contribution in [0.5, 0.6) is 5.75 Å². The number of anilines is 1. The predicted molar refractivity (Wildman–Crippen MR) is 104 cm³/mol. The Labute approximate surface area is 155 Å². The molecule has 0 aromatic heterocycles. The van der Waals surface area contributed by atoms with Gasteiger partial charge < -0.3 is 10.1 Å². The number of aryl methyl sites for hydroxylation is 1. The summed E-state index contributed by atoms with van der Waals surface area (Å²) in [7, 11) is -1.90. The Morgan fingerprint density at radius 3 is 2.31 bits per heavy atom. The van der Waals surface area contributed by atoms with E-state index in [0.29, 0.717) is 4.90 Å². The van der Waals surface area contributed by atoms with Crippen molar-refractivity contribution in [3.05, 3.63) is 54.1 Å². The molecule has 0 radical (unpaired) electrons. The standard InChI is InChI=1S/C20H26N2O3S/c1-15-11-13-16(14-12-15)26(23,24)22-18-8-4-3-7-17(18)21-19-9-5-6-10-20(19)25-2/h5-6,9-14,17-18,21-22H,3-4,7-8H2,1-2H3/t17-,18+/m0/s1. The highest BCUT2D eigenvalue weighted by Crippen LogP contribution is 2.29. The van der Waals surface area contributed by atoms with E-state index >= 15 is 0 Å². The highest BCUT2D eigenvalue weighted by Gasteiger charge is 2.30. The highest BCUT2D eigenvalue weighted by molar-refractivity contribution is 7.89. The maximum Gasteiger partial charge on any atom is 0.240 e. The minimum Gasteiger partial charge on any atom is -0.495 e. The molecule has 0 bridgehead atoms. The summed E-state index contributed by atoms with van der Waals surface area (Å²) in [6.07, 6.45) is 3.83. The van der Waals surface area contributed by atoms with Crippen LogP contribution in [0.1, 0.15) is 31.2 Å². The van der Waals surface area contributed by atoms with E-state index in [1.165, 1.54) is 0 Å². The maximum atomic E-state index is 12.8. The van der Waals surface area contributed by atoms with Gasteiger partial charge in [0.25, 0.3) is 0 Å². The topological polar surface area (TPSA) is 67.4 Å². The third-order valence-corrected chi connectivity index (χ3v) is 6.36. The lowest BCUT2D eigenvalue weighted by Crippen LogP contribution is -2.48. The van der Waals surface area contributed by atoms with Crippen LogP contribution in [0.15, 0.2) is 53.4 Å². The fourth-order valence-electron chi connectivity index (χ4n) is 3.39. The molecule has 0 aliphatic heterocycles. The molecule has 3 rings (SSSR count). The Kier molecular flexibility index (Phi) is 5.84. The normalized spacial score (nSPS) is 20.5. The lowest BCUT2D eigenvalue weighted by Gasteiger charge is -2.33. The lowest BCUT2D eigenvalue weighted by atomic mass is 9.91. The molecular weight excluding hydrogens is 348 g/mol. The van der Waals surface area contributed by atoms with Gasteiger partial charge in [0.2, 0.25) is 10.0 Å². The van der Waals surface area contributed by atoms with Crippen LogP contribution in [0.2, 0.25) is 0 Å². The Morgan fingerprint density at radius 1 is 0.962 bits per heavy atom. The molecule has 0 spiro atoms. The molecule has 2 aromatic carbocycles. The van der Waals surface area contributed by atoms with E-state index in [0.717, 1.165) is 42.7 Å². The molecule has 6 heteroatoms. The molecule has 2 N–H and O–H groups in total. The monoisotopic (exact) mass is 374 g/mol. The SMILES string of the molecule is COc1ccccc1N[C@H]1CCCC[C@H]1NS(=O)(=O)c1ccc(C)cc1. The molecule has 0 amide bonds. The first kappa shape index (κ1) is 18.7. The van der Waals surface area contributed by atoms with Crippen LogP contribution < -0.4 is 14.8 Å². The number of benzene rings is 2. The van der Waals surface area contributed by atoms with Crippen LogP contribution in [-0.2, 0) is 10.0 Å². The fourth-order valence-corrected chi connectivity index (χ4v) is 4.70. The molecule has 0 saturated heterocycles. The number of methoxy groups -OCH3 is 1. The lowest BCUT2D eigenvalue weighted by molar-refractivity contribution is 0.375. The van der Waals surface area contributed by atoms with Crippen LogP contribution in [0, 0.1) is 6.92 Å². The average molecular weight is 375 g/mol. The molecule has 1 aliphatic carbocycles. The average Bonchev–Trinajstić information content (AvgIpc) is 2.64. The van der Waals surface area contributed by atoms with Crippen molar-refractivity contribution in [3.8, 4) is 5.75 Å². The van der Waals surface area contributed by atoms with Gasteiger partial charge in [-0.15, -0.1) is 0 Å². The summed E-state index contributed by atoms with van der Waals surface area (Å²) < 4.78 is 33.8. The van der Waals surface area contributed by atoms with E-state index in [1.807, 2.05) is 43.3 Å². The van der Waals surface area contributed by atoms with Crippen molar-refractivity contribution in [2.24, 2.45) is 0 Å². The third kappa shape index (κ3) is 4.37. The van der Waals surface area contributed by atoms with E-state index < -0.39 is 10.0 Å². The number of ether oxygens (including phenoxy) is 1. The molecule has 5 nitrogen and oxygen atoms in total. The van der Waals surface area contributed by atoms with Crippen LogP contribution >= 0.6 is 0 Å². The summed E-state index contributed by atoms with van der Waals surface area (Å²) in [4.78, 5) is 0.310. The van der Waals surface area contributed by atoms with Gasteiger partial charge in [0.05, 0.1) is 17.7 Å². The van der Waals surface area contributed by atoms with Gasteiger partial charge in [-0.05, 0) is 44.0 Å². The van der Waals surface area contributed by atoms with E-state index in [9.17, 15) is 8.42 Å². The van der Waals surface area contributed by atoms with Crippen LogP contribution in [0.4, 0.5) is 5.69 Å². The highest BCUT2D eigenvalue weighted by atomic mass is 32.2. The minimum absolute atomic E-state index is 0.0280. The van der Waals surface area contributed by atoms with E-state index in [-0.39, 0.29) is 12.1 Å². The van der Waals surface area contributed by atoms with Crippen molar-refractivity contribution < 1.29 is 13.2 Å². The van der Waals surface area contributed by atoms with Gasteiger partial charge in [-0.1, -0.05) is 42.7 Å². The third-order valence-electron chi connectivity index (χ3n) is 4.85. The van der Waals surface area contributed by atoms with E-state index in [4.69, 9.17) is 4.74 Å². The van der Waals surface area contributed by atoms with Crippen molar-refractivity contribution in [1.29, 1.82) is 0 Å². The van der Waals surface area contributed by atoms with Crippen LogP contribution in [0.25, 0.3) is 0 Å². The van der Waals surface area contributed by atoms with Crippen molar-refractivity contribution in [1.82, 2.24) is 4.72 Å². The summed E-state index contributed by atoms with van der Waals surface area (Å²) in [6, 6.07) is 14.5. The Balaban J connectivity index is 1.77. The number of hydrogen-bond acceptors (Lipinski definition) is 4. The van der Waals surface area contributed by atoms with Crippen molar-refractivity contribution in [3.63, 3.8) is 0 Å². The number of nitrogens with one attached hydrogen (secondary N) is 2. The maximum absolute atomic E-state index is 12.8. The van der Waals surface area contributed by atoms with Gasteiger partial charge in [0.1, 0.15) is 5.75 Å². The molecule has 140 valence electrons. The minimum atomic E-state index is -3.54. The first-order chi connectivity index (χ1) is 12.5. The fraction of sp³-hybridized carbons (Fsp3) is 0.400. The zero-order valence-corrected chi connectivity index (χ0v) is 16.1.